The van der Waals surface area contributed by atoms with Crippen LogP contribution in [0.5, 0.6) is 11.5 Å². The predicted molar refractivity (Wildman–Crippen MR) is 151 cm³/mol. The molecule has 0 unspecified atom stereocenters. The van der Waals surface area contributed by atoms with E-state index in [1.54, 1.807) is 44.6 Å². The van der Waals surface area contributed by atoms with Crippen LogP contribution in [0.25, 0.3) is 0 Å². The Bertz CT molecular complexity index is 1400. The molecule has 2 amide bonds. The second kappa shape index (κ2) is 14.1. The molecule has 0 radical (unpaired) electrons. The summed E-state index contributed by atoms with van der Waals surface area (Å²) in [4.78, 5) is 32.0. The number of carbonyl (C=O) groups excluding carboxylic acids is 2. The molecule has 3 aromatic rings. The summed E-state index contributed by atoms with van der Waals surface area (Å²) >= 11 is 0. The zero-order valence-electron chi connectivity index (χ0n) is 23.1. The molecule has 0 saturated carbocycles. The average molecular weight is 583 g/mol. The summed E-state index contributed by atoms with van der Waals surface area (Å²) in [5, 5.41) is 2.86. The van der Waals surface area contributed by atoms with E-state index in [1.807, 2.05) is 18.2 Å². The predicted octanol–water partition coefficient (Wildman–Crippen LogP) is 2.22. The molecule has 218 valence electrons. The lowest BCUT2D eigenvalue weighted by atomic mass is 10.1. The van der Waals surface area contributed by atoms with Crippen LogP contribution in [-0.2, 0) is 37.4 Å². The smallest absolute Gasteiger partial charge is 0.261 e. The van der Waals surface area contributed by atoms with Crippen molar-refractivity contribution in [2.24, 2.45) is 0 Å². The first-order chi connectivity index (χ1) is 19.8. The minimum absolute atomic E-state index is 0.137. The summed E-state index contributed by atoms with van der Waals surface area (Å²) in [7, 11) is -2.07. The Morgan fingerprint density at radius 2 is 1.71 bits per heavy atom. The molecule has 1 atom stereocenters. The van der Waals surface area contributed by atoms with Gasteiger partial charge in [0.1, 0.15) is 17.5 Å². The fraction of sp³-hybridized carbons (Fsp3) is 0.345. The monoisotopic (exact) mass is 582 g/mol. The zero-order valence-corrected chi connectivity index (χ0v) is 23.9. The summed E-state index contributed by atoms with van der Waals surface area (Å²) in [5.41, 5.74) is 1.65. The van der Waals surface area contributed by atoms with Crippen molar-refractivity contribution in [3.8, 4) is 11.5 Å². The first-order valence-electron chi connectivity index (χ1n) is 13.2. The van der Waals surface area contributed by atoms with Crippen molar-refractivity contribution in [2.45, 2.75) is 31.0 Å². The van der Waals surface area contributed by atoms with Crippen molar-refractivity contribution in [3.63, 3.8) is 0 Å². The first kappa shape index (κ1) is 30.0. The molecule has 2 aromatic carbocycles. The van der Waals surface area contributed by atoms with Crippen LogP contribution in [0.2, 0.25) is 0 Å². The minimum Gasteiger partial charge on any atom is -0.497 e. The van der Waals surface area contributed by atoms with Crippen LogP contribution in [0.4, 0.5) is 0 Å². The molecule has 12 heteroatoms. The van der Waals surface area contributed by atoms with Gasteiger partial charge in [0.15, 0.2) is 6.61 Å². The first-order valence-corrected chi connectivity index (χ1v) is 14.6. The lowest BCUT2D eigenvalue weighted by molar-refractivity contribution is -0.142. The molecule has 0 aliphatic carbocycles. The molecule has 4 rings (SSSR count). The summed E-state index contributed by atoms with van der Waals surface area (Å²) in [5.74, 6) is 0.275. The van der Waals surface area contributed by atoms with E-state index in [9.17, 15) is 18.0 Å². The highest BCUT2D eigenvalue weighted by Crippen LogP contribution is 2.21. The van der Waals surface area contributed by atoms with Gasteiger partial charge in [-0.15, -0.1) is 0 Å². The maximum absolute atomic E-state index is 13.4. The Balaban J connectivity index is 1.42. The van der Waals surface area contributed by atoms with Crippen LogP contribution in [0.1, 0.15) is 18.1 Å². The number of ether oxygens (including phenoxy) is 3. The van der Waals surface area contributed by atoms with Gasteiger partial charge in [0.05, 0.1) is 25.2 Å². The number of hydrogen-bond acceptors (Lipinski definition) is 8. The topological polar surface area (TPSA) is 127 Å². The molecule has 1 aromatic heterocycles. The third-order valence-corrected chi connectivity index (χ3v) is 8.58. The molecule has 2 heterocycles. The van der Waals surface area contributed by atoms with E-state index in [0.717, 1.165) is 11.1 Å². The molecule has 41 heavy (non-hydrogen) atoms. The molecule has 0 spiro atoms. The van der Waals surface area contributed by atoms with Crippen LogP contribution in [0.3, 0.4) is 0 Å². The number of aromatic nitrogens is 1. The second-order valence-corrected chi connectivity index (χ2v) is 11.3. The van der Waals surface area contributed by atoms with Crippen LogP contribution in [0, 0.1) is 0 Å². The Morgan fingerprint density at radius 1 is 1.02 bits per heavy atom. The summed E-state index contributed by atoms with van der Waals surface area (Å²) in [6, 6.07) is 16.0. The molecular formula is C29H34N4O7S. The van der Waals surface area contributed by atoms with E-state index < -0.39 is 22.0 Å². The van der Waals surface area contributed by atoms with E-state index in [4.69, 9.17) is 14.2 Å². The quantitative estimate of drug-likeness (QED) is 0.345. The van der Waals surface area contributed by atoms with Crippen LogP contribution in [0.15, 0.2) is 78.0 Å². The zero-order chi connectivity index (χ0) is 29.2. The average Bonchev–Trinajstić information content (AvgIpc) is 3.02. The molecular weight excluding hydrogens is 548 g/mol. The second-order valence-electron chi connectivity index (χ2n) is 9.40. The highest BCUT2D eigenvalue weighted by Gasteiger charge is 2.28. The van der Waals surface area contributed by atoms with Gasteiger partial charge in [-0.25, -0.2) is 8.42 Å². The van der Waals surface area contributed by atoms with Crippen molar-refractivity contribution in [2.75, 3.05) is 40.0 Å². The Morgan fingerprint density at radius 3 is 2.34 bits per heavy atom. The molecule has 0 bridgehead atoms. The molecule has 11 nitrogen and oxygen atoms in total. The SMILES string of the molecule is COc1ccc(CN(C(=O)COc2ccc(S(=O)(=O)N3CCOCC3)cc2)[C@H](C)C(=O)NCc2cccnc2)cc1. The van der Waals surface area contributed by atoms with Crippen molar-refractivity contribution >= 4 is 21.8 Å². The number of morpholine rings is 1. The summed E-state index contributed by atoms with van der Waals surface area (Å²) in [6.45, 7) is 3.07. The van der Waals surface area contributed by atoms with Gasteiger partial charge in [-0.3, -0.25) is 14.6 Å². The standard InChI is InChI=1S/C29H34N4O7S/c1-22(29(35)31-19-24-4-3-13-30-18-24)33(20-23-5-7-25(38-2)8-6-23)28(34)21-40-26-9-11-27(12-10-26)41(36,37)32-14-16-39-17-15-32/h3-13,18,22H,14-17,19-21H2,1-2H3,(H,31,35)/t22-/m1/s1. The molecule has 1 fully saturated rings. The van der Waals surface area contributed by atoms with Crippen molar-refractivity contribution in [1.82, 2.24) is 19.5 Å². The van der Waals surface area contributed by atoms with E-state index in [2.05, 4.69) is 10.3 Å². The molecule has 1 aliphatic rings. The summed E-state index contributed by atoms with van der Waals surface area (Å²) < 4.78 is 43.3. The van der Waals surface area contributed by atoms with E-state index in [0.29, 0.717) is 37.8 Å². The number of hydrogen-bond donors (Lipinski definition) is 1. The maximum atomic E-state index is 13.4. The van der Waals surface area contributed by atoms with Gasteiger partial charge in [-0.05, 0) is 60.5 Å². The van der Waals surface area contributed by atoms with Crippen molar-refractivity contribution in [1.29, 1.82) is 0 Å². The van der Waals surface area contributed by atoms with Crippen molar-refractivity contribution < 1.29 is 32.2 Å². The van der Waals surface area contributed by atoms with Crippen LogP contribution >= 0.6 is 0 Å². The number of rotatable bonds is 12. The van der Waals surface area contributed by atoms with Gasteiger partial charge in [-0.2, -0.15) is 4.31 Å². The van der Waals surface area contributed by atoms with Gasteiger partial charge in [-0.1, -0.05) is 18.2 Å². The van der Waals surface area contributed by atoms with Gasteiger partial charge in [0.25, 0.3) is 5.91 Å². The number of amides is 2. The third kappa shape index (κ3) is 8.03. The highest BCUT2D eigenvalue weighted by molar-refractivity contribution is 7.89. The Hall–Kier alpha value is -4.00. The minimum atomic E-state index is -3.64. The summed E-state index contributed by atoms with van der Waals surface area (Å²) in [6.07, 6.45) is 3.32. The lowest BCUT2D eigenvalue weighted by Crippen LogP contribution is -2.48. The Labute approximate surface area is 240 Å². The molecule has 1 saturated heterocycles. The number of benzene rings is 2. The van der Waals surface area contributed by atoms with Gasteiger partial charge in [0, 0.05) is 38.6 Å². The van der Waals surface area contributed by atoms with Gasteiger partial charge in [0.2, 0.25) is 15.9 Å². The van der Waals surface area contributed by atoms with Crippen molar-refractivity contribution in [3.05, 3.63) is 84.2 Å². The normalized spacial score (nSPS) is 14.6. The van der Waals surface area contributed by atoms with Gasteiger partial charge < -0.3 is 24.4 Å². The van der Waals surface area contributed by atoms with Crippen LogP contribution in [-0.4, -0.2) is 80.5 Å². The third-order valence-electron chi connectivity index (χ3n) is 6.66. The lowest BCUT2D eigenvalue weighted by Gasteiger charge is -2.29. The number of pyridine rings is 1. The van der Waals surface area contributed by atoms with E-state index >= 15 is 0 Å². The maximum Gasteiger partial charge on any atom is 0.261 e. The molecule has 1 N–H and O–H groups in total. The van der Waals surface area contributed by atoms with E-state index in [-0.39, 0.29) is 30.5 Å². The van der Waals surface area contributed by atoms with Gasteiger partial charge >= 0.3 is 0 Å². The molecule has 1 aliphatic heterocycles. The number of sulfonamides is 1. The largest absolute Gasteiger partial charge is 0.497 e. The van der Waals surface area contributed by atoms with Crippen LogP contribution < -0.4 is 14.8 Å². The number of nitrogens with one attached hydrogen (secondary N) is 1. The fourth-order valence-corrected chi connectivity index (χ4v) is 5.63. The van der Waals surface area contributed by atoms with E-state index in [1.165, 1.54) is 33.5 Å². The fourth-order valence-electron chi connectivity index (χ4n) is 4.22. The number of carbonyl (C=O) groups is 2. The highest BCUT2D eigenvalue weighted by atomic mass is 32.2. The Kier molecular flexibility index (Phi) is 10.3. The number of methoxy groups -OCH3 is 1. The number of nitrogens with zero attached hydrogens (tertiary/aromatic N) is 3.